The van der Waals surface area contributed by atoms with E-state index in [1.54, 1.807) is 4.68 Å². The fourth-order valence-electron chi connectivity index (χ4n) is 3.31. The Morgan fingerprint density at radius 1 is 1.07 bits per heavy atom. The molecule has 7 heteroatoms. The zero-order valence-corrected chi connectivity index (χ0v) is 16.8. The number of benzene rings is 2. The lowest BCUT2D eigenvalue weighted by atomic mass is 10.1. The van der Waals surface area contributed by atoms with Gasteiger partial charge in [-0.15, -0.1) is 0 Å². The number of aromatic nitrogens is 2. The number of hydrogen-bond acceptors (Lipinski definition) is 4. The molecule has 0 spiro atoms. The highest BCUT2D eigenvalue weighted by atomic mass is 35.5. The summed E-state index contributed by atoms with van der Waals surface area (Å²) in [4.78, 5) is 15.2. The molecule has 1 fully saturated rings. The molecule has 0 bridgehead atoms. The first kappa shape index (κ1) is 19.6. The molecule has 3 aromatic rings. The second-order valence-corrected chi connectivity index (χ2v) is 7.32. The Bertz CT molecular complexity index is 951. The van der Waals surface area contributed by atoms with Crippen molar-refractivity contribution in [2.45, 2.75) is 0 Å². The maximum Gasteiger partial charge on any atom is 0.270 e. The van der Waals surface area contributed by atoms with Gasteiger partial charge in [-0.05, 0) is 30.3 Å². The largest absolute Gasteiger partial charge is 0.379 e. The van der Waals surface area contributed by atoms with Crippen LogP contribution in [0.1, 0.15) is 10.5 Å². The molecule has 29 heavy (non-hydrogen) atoms. The topological polar surface area (TPSA) is 59.4 Å². The van der Waals surface area contributed by atoms with Crippen LogP contribution in [0.25, 0.3) is 16.9 Å². The van der Waals surface area contributed by atoms with E-state index in [0.29, 0.717) is 17.3 Å². The fourth-order valence-corrected chi connectivity index (χ4v) is 3.44. The molecule has 0 unspecified atom stereocenters. The second kappa shape index (κ2) is 9.22. The van der Waals surface area contributed by atoms with Crippen LogP contribution in [-0.2, 0) is 4.74 Å². The lowest BCUT2D eigenvalue weighted by Gasteiger charge is -2.26. The molecule has 2 heterocycles. The minimum absolute atomic E-state index is 0.144. The molecule has 1 aromatic heterocycles. The van der Waals surface area contributed by atoms with Crippen LogP contribution in [0.3, 0.4) is 0 Å². The second-order valence-electron chi connectivity index (χ2n) is 6.88. The Morgan fingerprint density at radius 2 is 1.79 bits per heavy atom. The predicted octanol–water partition coefficient (Wildman–Crippen LogP) is 3.25. The lowest BCUT2D eigenvalue weighted by Crippen LogP contribution is -2.41. The van der Waals surface area contributed by atoms with Crippen LogP contribution in [-0.4, -0.2) is 60.0 Å². The molecule has 0 radical (unpaired) electrons. The molecule has 0 aliphatic carbocycles. The van der Waals surface area contributed by atoms with Gasteiger partial charge in [0.25, 0.3) is 5.91 Å². The summed E-state index contributed by atoms with van der Waals surface area (Å²) in [6.07, 6.45) is 0. The van der Waals surface area contributed by atoms with Crippen molar-refractivity contribution in [3.8, 4) is 16.9 Å². The van der Waals surface area contributed by atoms with E-state index in [9.17, 15) is 4.79 Å². The summed E-state index contributed by atoms with van der Waals surface area (Å²) in [5.74, 6) is -0.144. The minimum atomic E-state index is -0.144. The summed E-state index contributed by atoms with van der Waals surface area (Å²) < 4.78 is 7.05. The van der Waals surface area contributed by atoms with E-state index in [1.807, 2.05) is 60.7 Å². The first-order valence-electron chi connectivity index (χ1n) is 9.70. The number of ether oxygens (including phenoxy) is 1. The Kier molecular flexibility index (Phi) is 6.24. The van der Waals surface area contributed by atoms with Crippen molar-refractivity contribution in [3.63, 3.8) is 0 Å². The van der Waals surface area contributed by atoms with Crippen molar-refractivity contribution >= 4 is 17.5 Å². The number of carbonyl (C=O) groups is 1. The van der Waals surface area contributed by atoms with Crippen LogP contribution < -0.4 is 5.32 Å². The van der Waals surface area contributed by atoms with Crippen molar-refractivity contribution < 1.29 is 9.53 Å². The molecule has 1 aliphatic rings. The van der Waals surface area contributed by atoms with Gasteiger partial charge in [0.1, 0.15) is 5.69 Å². The Hall–Kier alpha value is -2.67. The third-order valence-electron chi connectivity index (χ3n) is 4.90. The first-order valence-corrected chi connectivity index (χ1v) is 10.1. The third kappa shape index (κ3) is 4.85. The number of nitrogens with one attached hydrogen (secondary N) is 1. The van der Waals surface area contributed by atoms with E-state index in [4.69, 9.17) is 16.3 Å². The van der Waals surface area contributed by atoms with Gasteiger partial charge in [-0.1, -0.05) is 41.9 Å². The lowest BCUT2D eigenvalue weighted by molar-refractivity contribution is 0.0383. The van der Waals surface area contributed by atoms with E-state index in [-0.39, 0.29) is 5.91 Å². The monoisotopic (exact) mass is 410 g/mol. The van der Waals surface area contributed by atoms with Gasteiger partial charge in [-0.2, -0.15) is 5.10 Å². The van der Waals surface area contributed by atoms with Gasteiger partial charge < -0.3 is 10.1 Å². The molecular formula is C22H23ClN4O2. The van der Waals surface area contributed by atoms with Crippen LogP contribution in [0.15, 0.2) is 60.7 Å². The highest BCUT2D eigenvalue weighted by Crippen LogP contribution is 2.23. The van der Waals surface area contributed by atoms with E-state index in [1.165, 1.54) is 0 Å². The van der Waals surface area contributed by atoms with Crippen LogP contribution in [0, 0.1) is 0 Å². The molecule has 4 rings (SSSR count). The summed E-state index contributed by atoms with van der Waals surface area (Å²) in [5.41, 5.74) is 2.98. The van der Waals surface area contributed by atoms with Gasteiger partial charge in [-0.25, -0.2) is 4.68 Å². The molecule has 0 atom stereocenters. The van der Waals surface area contributed by atoms with Gasteiger partial charge in [0.2, 0.25) is 0 Å². The molecule has 2 aromatic carbocycles. The average molecular weight is 411 g/mol. The average Bonchev–Trinajstić information content (AvgIpc) is 3.21. The number of rotatable bonds is 6. The smallest absolute Gasteiger partial charge is 0.270 e. The number of nitrogens with zero attached hydrogens (tertiary/aromatic N) is 3. The van der Waals surface area contributed by atoms with Gasteiger partial charge in [0.05, 0.1) is 24.6 Å². The first-order chi connectivity index (χ1) is 14.2. The molecule has 1 aliphatic heterocycles. The van der Waals surface area contributed by atoms with Crippen molar-refractivity contribution in [2.24, 2.45) is 0 Å². The number of carbonyl (C=O) groups excluding carboxylic acids is 1. The number of para-hydroxylation sites is 1. The summed E-state index contributed by atoms with van der Waals surface area (Å²) in [6.45, 7) is 4.68. The van der Waals surface area contributed by atoms with Crippen molar-refractivity contribution in [1.29, 1.82) is 0 Å². The predicted molar refractivity (Wildman–Crippen MR) is 114 cm³/mol. The molecule has 1 N–H and O–H groups in total. The van der Waals surface area contributed by atoms with Gasteiger partial charge in [-0.3, -0.25) is 9.69 Å². The van der Waals surface area contributed by atoms with Crippen molar-refractivity contribution in [3.05, 3.63) is 71.4 Å². The maximum absolute atomic E-state index is 12.9. The van der Waals surface area contributed by atoms with Crippen LogP contribution in [0.4, 0.5) is 0 Å². The zero-order valence-electron chi connectivity index (χ0n) is 16.1. The molecular weight excluding hydrogens is 388 g/mol. The van der Waals surface area contributed by atoms with E-state index in [0.717, 1.165) is 49.8 Å². The van der Waals surface area contributed by atoms with Gasteiger partial charge in [0.15, 0.2) is 0 Å². The Balaban J connectivity index is 1.55. The van der Waals surface area contributed by atoms with Gasteiger partial charge >= 0.3 is 0 Å². The van der Waals surface area contributed by atoms with E-state index >= 15 is 0 Å². The van der Waals surface area contributed by atoms with Crippen molar-refractivity contribution in [2.75, 3.05) is 39.4 Å². The van der Waals surface area contributed by atoms with Crippen LogP contribution >= 0.6 is 11.6 Å². The fraction of sp³-hybridized carbons (Fsp3) is 0.273. The summed E-state index contributed by atoms with van der Waals surface area (Å²) in [7, 11) is 0. The zero-order chi connectivity index (χ0) is 20.1. The Labute approximate surface area is 175 Å². The summed E-state index contributed by atoms with van der Waals surface area (Å²) >= 11 is 6.00. The maximum atomic E-state index is 12.9. The summed E-state index contributed by atoms with van der Waals surface area (Å²) in [6, 6.07) is 18.9. The van der Waals surface area contributed by atoms with E-state index in [2.05, 4.69) is 15.3 Å². The van der Waals surface area contributed by atoms with Crippen molar-refractivity contribution in [1.82, 2.24) is 20.0 Å². The summed E-state index contributed by atoms with van der Waals surface area (Å²) in [5, 5.41) is 8.38. The number of amides is 1. The minimum Gasteiger partial charge on any atom is -0.379 e. The molecule has 150 valence electrons. The standard InChI is InChI=1S/C22H23ClN4O2/c23-18-8-6-17(7-9-18)20-16-21(27(25-20)19-4-2-1-3-5-19)22(28)24-10-11-26-12-14-29-15-13-26/h1-9,16H,10-15H2,(H,24,28). The molecule has 6 nitrogen and oxygen atoms in total. The number of hydrogen-bond donors (Lipinski definition) is 1. The molecule has 1 saturated heterocycles. The SMILES string of the molecule is O=C(NCCN1CCOCC1)c1cc(-c2ccc(Cl)cc2)nn1-c1ccccc1. The highest BCUT2D eigenvalue weighted by molar-refractivity contribution is 6.30. The van der Waals surface area contributed by atoms with Crippen LogP contribution in [0.2, 0.25) is 5.02 Å². The normalized spacial score (nSPS) is 14.7. The quantitative estimate of drug-likeness (QED) is 0.677. The van der Waals surface area contributed by atoms with Crippen LogP contribution in [0.5, 0.6) is 0 Å². The third-order valence-corrected chi connectivity index (χ3v) is 5.15. The Morgan fingerprint density at radius 3 is 2.52 bits per heavy atom. The van der Waals surface area contributed by atoms with Gasteiger partial charge in [0, 0.05) is 36.8 Å². The number of morpholine rings is 1. The molecule has 1 amide bonds. The highest BCUT2D eigenvalue weighted by Gasteiger charge is 2.18. The molecule has 0 saturated carbocycles. The van der Waals surface area contributed by atoms with E-state index < -0.39 is 0 Å². The number of halogens is 1.